The summed E-state index contributed by atoms with van der Waals surface area (Å²) in [6.45, 7) is 4.82. The molecule has 1 amide bonds. The molecule has 0 radical (unpaired) electrons. The summed E-state index contributed by atoms with van der Waals surface area (Å²) in [6, 6.07) is 24.5. The van der Waals surface area contributed by atoms with Crippen LogP contribution in [-0.4, -0.2) is 27.4 Å². The molecule has 0 fully saturated rings. The second-order valence-corrected chi connectivity index (χ2v) is 8.39. The highest BCUT2D eigenvalue weighted by Gasteiger charge is 2.13. The number of hydrazone groups is 1. The first-order chi connectivity index (χ1) is 15.1. The van der Waals surface area contributed by atoms with Gasteiger partial charge in [-0.3, -0.25) is 4.79 Å². The maximum Gasteiger partial charge on any atom is 0.250 e. The second-order valence-electron chi connectivity index (χ2n) is 7.45. The molecule has 1 heterocycles. The van der Waals surface area contributed by atoms with Crippen molar-refractivity contribution in [2.24, 2.45) is 5.10 Å². The summed E-state index contributed by atoms with van der Waals surface area (Å²) in [7, 11) is 0. The molecule has 0 spiro atoms. The van der Waals surface area contributed by atoms with Crippen molar-refractivity contribution in [3.8, 4) is 0 Å². The number of carbonyl (C=O) groups is 1. The van der Waals surface area contributed by atoms with Gasteiger partial charge in [-0.05, 0) is 37.1 Å². The molecule has 0 bridgehead atoms. The highest BCUT2D eigenvalue weighted by atomic mass is 32.2. The number of nitrogens with zero attached hydrogens (tertiary/aromatic N) is 3. The average molecular weight is 429 g/mol. The number of nitrogens with one attached hydrogen (secondary N) is 1. The molecule has 156 valence electrons. The number of amides is 1. The minimum absolute atomic E-state index is 0.165. The highest BCUT2D eigenvalue weighted by Crippen LogP contribution is 2.25. The molecule has 1 N–H and O–H groups in total. The zero-order chi connectivity index (χ0) is 21.6. The number of imidazole rings is 1. The van der Waals surface area contributed by atoms with Gasteiger partial charge in [0.15, 0.2) is 5.16 Å². The number of aryl methyl sites for hydroxylation is 2. The number of rotatable bonds is 7. The molecule has 4 rings (SSSR count). The van der Waals surface area contributed by atoms with E-state index in [0.717, 1.165) is 21.8 Å². The third-order valence-electron chi connectivity index (χ3n) is 4.89. The van der Waals surface area contributed by atoms with Gasteiger partial charge in [0, 0.05) is 0 Å². The lowest BCUT2D eigenvalue weighted by Crippen LogP contribution is -2.20. The monoisotopic (exact) mass is 428 g/mol. The Hall–Kier alpha value is -3.38. The summed E-state index contributed by atoms with van der Waals surface area (Å²) >= 11 is 1.42. The highest BCUT2D eigenvalue weighted by molar-refractivity contribution is 7.99. The van der Waals surface area contributed by atoms with Crippen LogP contribution >= 0.6 is 11.8 Å². The summed E-state index contributed by atoms with van der Waals surface area (Å²) in [5.74, 6) is 0.0740. The molecule has 0 saturated carbocycles. The largest absolute Gasteiger partial charge is 0.314 e. The van der Waals surface area contributed by atoms with Crippen LogP contribution in [0.1, 0.15) is 22.3 Å². The van der Waals surface area contributed by atoms with E-state index in [1.807, 2.05) is 49.4 Å². The first-order valence-electron chi connectivity index (χ1n) is 10.1. The van der Waals surface area contributed by atoms with Gasteiger partial charge in [0.2, 0.25) is 0 Å². The Morgan fingerprint density at radius 2 is 1.68 bits per heavy atom. The predicted molar refractivity (Wildman–Crippen MR) is 128 cm³/mol. The molecular weight excluding hydrogens is 404 g/mol. The Labute approximate surface area is 186 Å². The molecule has 5 nitrogen and oxygen atoms in total. The van der Waals surface area contributed by atoms with Crippen molar-refractivity contribution in [2.75, 3.05) is 5.75 Å². The van der Waals surface area contributed by atoms with Gasteiger partial charge in [-0.25, -0.2) is 10.4 Å². The molecule has 4 aromatic rings. The van der Waals surface area contributed by atoms with E-state index in [-0.39, 0.29) is 11.7 Å². The molecule has 0 atom stereocenters. The second kappa shape index (κ2) is 9.62. The molecule has 0 unspecified atom stereocenters. The van der Waals surface area contributed by atoms with Crippen molar-refractivity contribution in [2.45, 2.75) is 25.5 Å². The van der Waals surface area contributed by atoms with E-state index in [1.54, 1.807) is 6.21 Å². The lowest BCUT2D eigenvalue weighted by atomic mass is 10.1. The fourth-order valence-corrected chi connectivity index (χ4v) is 3.99. The molecule has 1 aromatic heterocycles. The molecule has 0 aliphatic heterocycles. The van der Waals surface area contributed by atoms with Gasteiger partial charge in [0.05, 0.1) is 29.5 Å². The van der Waals surface area contributed by atoms with E-state index in [2.05, 4.69) is 52.3 Å². The number of benzene rings is 3. The fourth-order valence-electron chi connectivity index (χ4n) is 3.19. The number of hydrogen-bond donors (Lipinski definition) is 1. The van der Waals surface area contributed by atoms with Crippen LogP contribution in [0, 0.1) is 13.8 Å². The summed E-state index contributed by atoms with van der Waals surface area (Å²) < 4.78 is 2.16. The van der Waals surface area contributed by atoms with Gasteiger partial charge in [-0.1, -0.05) is 83.6 Å². The maximum atomic E-state index is 12.3. The van der Waals surface area contributed by atoms with Gasteiger partial charge < -0.3 is 4.57 Å². The van der Waals surface area contributed by atoms with Gasteiger partial charge in [0.25, 0.3) is 5.91 Å². The maximum absolute atomic E-state index is 12.3. The molecule has 6 heteroatoms. The van der Waals surface area contributed by atoms with Crippen molar-refractivity contribution >= 4 is 34.9 Å². The van der Waals surface area contributed by atoms with E-state index >= 15 is 0 Å². The smallest absolute Gasteiger partial charge is 0.250 e. The standard InChI is InChI=1S/C25H24N4OS/c1-18-7-11-20(12-8-18)15-26-28-24(30)17-31-25-27-22-5-3-4-6-23(22)29(25)16-21-13-9-19(2)10-14-21/h3-15H,16-17H2,1-2H3,(H,28,30)/b26-15+. The average Bonchev–Trinajstić information content (AvgIpc) is 3.12. The van der Waals surface area contributed by atoms with E-state index in [0.29, 0.717) is 6.54 Å². The zero-order valence-corrected chi connectivity index (χ0v) is 18.4. The van der Waals surface area contributed by atoms with Crippen LogP contribution in [0.4, 0.5) is 0 Å². The van der Waals surface area contributed by atoms with Crippen molar-refractivity contribution in [3.05, 3.63) is 95.1 Å². The SMILES string of the molecule is Cc1ccc(/C=N/NC(=O)CSc2nc3ccccc3n2Cc2ccc(C)cc2)cc1. The number of para-hydroxylation sites is 2. The normalized spacial score (nSPS) is 11.3. The topological polar surface area (TPSA) is 59.3 Å². The number of fused-ring (bicyclic) bond motifs is 1. The van der Waals surface area contributed by atoms with E-state index in [4.69, 9.17) is 4.98 Å². The Morgan fingerprint density at radius 1 is 1.00 bits per heavy atom. The van der Waals surface area contributed by atoms with Crippen LogP contribution in [0.25, 0.3) is 11.0 Å². The van der Waals surface area contributed by atoms with Gasteiger partial charge in [-0.15, -0.1) is 0 Å². The molecule has 31 heavy (non-hydrogen) atoms. The Morgan fingerprint density at radius 3 is 2.42 bits per heavy atom. The lowest BCUT2D eigenvalue weighted by molar-refractivity contribution is -0.118. The zero-order valence-electron chi connectivity index (χ0n) is 17.6. The first-order valence-corrected chi connectivity index (χ1v) is 11.1. The number of thioether (sulfide) groups is 1. The summed E-state index contributed by atoms with van der Waals surface area (Å²) in [6.07, 6.45) is 1.65. The minimum Gasteiger partial charge on any atom is -0.314 e. The van der Waals surface area contributed by atoms with Crippen LogP contribution in [-0.2, 0) is 11.3 Å². The number of hydrogen-bond acceptors (Lipinski definition) is 4. The van der Waals surface area contributed by atoms with Crippen LogP contribution in [0.3, 0.4) is 0 Å². The van der Waals surface area contributed by atoms with Gasteiger partial charge in [0.1, 0.15) is 0 Å². The molecular formula is C25H24N4OS. The Kier molecular flexibility index (Phi) is 6.48. The van der Waals surface area contributed by atoms with E-state index in [9.17, 15) is 4.79 Å². The molecule has 3 aromatic carbocycles. The lowest BCUT2D eigenvalue weighted by Gasteiger charge is -2.09. The van der Waals surface area contributed by atoms with Gasteiger partial charge >= 0.3 is 0 Å². The first kappa shape index (κ1) is 20.9. The predicted octanol–water partition coefficient (Wildman–Crippen LogP) is 4.94. The van der Waals surface area contributed by atoms with Crippen molar-refractivity contribution in [1.82, 2.24) is 15.0 Å². The fraction of sp³-hybridized carbons (Fsp3) is 0.160. The molecule has 0 saturated heterocycles. The van der Waals surface area contributed by atoms with Gasteiger partial charge in [-0.2, -0.15) is 5.10 Å². The van der Waals surface area contributed by atoms with E-state index in [1.165, 1.54) is 28.5 Å². The number of carbonyl (C=O) groups excluding carboxylic acids is 1. The van der Waals surface area contributed by atoms with Crippen molar-refractivity contribution < 1.29 is 4.79 Å². The van der Waals surface area contributed by atoms with Crippen molar-refractivity contribution in [3.63, 3.8) is 0 Å². The summed E-state index contributed by atoms with van der Waals surface area (Å²) in [5, 5.41) is 4.88. The Bertz CT molecular complexity index is 1210. The van der Waals surface area contributed by atoms with Crippen LogP contribution in [0.2, 0.25) is 0 Å². The minimum atomic E-state index is -0.165. The van der Waals surface area contributed by atoms with Crippen LogP contribution in [0.5, 0.6) is 0 Å². The third-order valence-corrected chi connectivity index (χ3v) is 5.87. The van der Waals surface area contributed by atoms with Crippen LogP contribution in [0.15, 0.2) is 83.1 Å². The van der Waals surface area contributed by atoms with Crippen molar-refractivity contribution in [1.29, 1.82) is 0 Å². The van der Waals surface area contributed by atoms with Crippen LogP contribution < -0.4 is 5.43 Å². The van der Waals surface area contributed by atoms with E-state index < -0.39 is 0 Å². The summed E-state index contributed by atoms with van der Waals surface area (Å²) in [5.41, 5.74) is 9.14. The number of aromatic nitrogens is 2. The third kappa shape index (κ3) is 5.41. The Balaban J connectivity index is 1.44. The molecule has 0 aliphatic rings. The summed E-state index contributed by atoms with van der Waals surface area (Å²) in [4.78, 5) is 17.0. The molecule has 0 aliphatic carbocycles. The quantitative estimate of drug-likeness (QED) is 0.258.